The van der Waals surface area contributed by atoms with Gasteiger partial charge in [-0.15, -0.1) is 0 Å². The Morgan fingerprint density at radius 2 is 1.75 bits per heavy atom. The standard InChI is InChI=1S/C14H15ClN4O/c15-13-14(17-6-5-16-13)18-11-1-3-12(4-2-11)19-7-9-20-10-8-19/h1-6H,7-10H2,(H,17,18). The van der Waals surface area contributed by atoms with Crippen LogP contribution in [0.2, 0.25) is 5.15 Å². The Hall–Kier alpha value is -1.85. The first-order valence-corrected chi connectivity index (χ1v) is 6.87. The van der Waals surface area contributed by atoms with Gasteiger partial charge in [-0.2, -0.15) is 0 Å². The van der Waals surface area contributed by atoms with Gasteiger partial charge < -0.3 is 15.0 Å². The molecule has 1 aliphatic heterocycles. The van der Waals surface area contributed by atoms with Crippen molar-refractivity contribution in [2.24, 2.45) is 0 Å². The maximum Gasteiger partial charge on any atom is 0.171 e. The van der Waals surface area contributed by atoms with Gasteiger partial charge in [0.15, 0.2) is 11.0 Å². The van der Waals surface area contributed by atoms with E-state index in [1.807, 2.05) is 12.1 Å². The third-order valence-corrected chi connectivity index (χ3v) is 3.44. The van der Waals surface area contributed by atoms with Crippen molar-refractivity contribution in [1.29, 1.82) is 0 Å². The number of rotatable bonds is 3. The lowest BCUT2D eigenvalue weighted by Gasteiger charge is -2.28. The van der Waals surface area contributed by atoms with Crippen LogP contribution < -0.4 is 10.2 Å². The van der Waals surface area contributed by atoms with Crippen LogP contribution in [0.1, 0.15) is 0 Å². The number of hydrogen-bond donors (Lipinski definition) is 1. The van der Waals surface area contributed by atoms with Crippen LogP contribution in [0.25, 0.3) is 0 Å². The quantitative estimate of drug-likeness (QED) is 0.942. The summed E-state index contributed by atoms with van der Waals surface area (Å²) in [7, 11) is 0. The largest absolute Gasteiger partial charge is 0.378 e. The first kappa shape index (κ1) is 13.1. The molecular weight excluding hydrogens is 276 g/mol. The molecule has 1 aliphatic rings. The maximum absolute atomic E-state index is 5.97. The highest BCUT2D eigenvalue weighted by atomic mass is 35.5. The summed E-state index contributed by atoms with van der Waals surface area (Å²) in [6.45, 7) is 3.44. The molecule has 0 unspecified atom stereocenters. The second-order valence-electron chi connectivity index (χ2n) is 4.47. The van der Waals surface area contributed by atoms with Gasteiger partial charge in [0, 0.05) is 36.9 Å². The SMILES string of the molecule is Clc1nccnc1Nc1ccc(N2CCOCC2)cc1. The van der Waals surface area contributed by atoms with E-state index in [9.17, 15) is 0 Å². The lowest BCUT2D eigenvalue weighted by atomic mass is 10.2. The highest BCUT2D eigenvalue weighted by molar-refractivity contribution is 6.31. The maximum atomic E-state index is 5.97. The Kier molecular flexibility index (Phi) is 3.99. The summed E-state index contributed by atoms with van der Waals surface area (Å²) in [5.74, 6) is 0.563. The zero-order chi connectivity index (χ0) is 13.8. The summed E-state index contributed by atoms with van der Waals surface area (Å²) in [5.41, 5.74) is 2.13. The molecule has 0 spiro atoms. The number of nitrogens with zero attached hydrogens (tertiary/aromatic N) is 3. The molecule has 5 nitrogen and oxygen atoms in total. The zero-order valence-corrected chi connectivity index (χ0v) is 11.7. The molecular formula is C14H15ClN4O. The Bertz CT molecular complexity index is 570. The molecule has 3 rings (SSSR count). The highest BCUT2D eigenvalue weighted by Gasteiger charge is 2.11. The number of aromatic nitrogens is 2. The van der Waals surface area contributed by atoms with E-state index >= 15 is 0 Å². The molecule has 1 aromatic carbocycles. The summed E-state index contributed by atoms with van der Waals surface area (Å²) >= 11 is 5.97. The van der Waals surface area contributed by atoms with Crippen LogP contribution in [0.3, 0.4) is 0 Å². The van der Waals surface area contributed by atoms with E-state index < -0.39 is 0 Å². The Morgan fingerprint density at radius 1 is 1.05 bits per heavy atom. The smallest absolute Gasteiger partial charge is 0.171 e. The predicted molar refractivity (Wildman–Crippen MR) is 79.8 cm³/mol. The molecule has 1 aromatic heterocycles. The van der Waals surface area contributed by atoms with Crippen LogP contribution in [0.4, 0.5) is 17.2 Å². The van der Waals surface area contributed by atoms with Gasteiger partial charge in [0.2, 0.25) is 0 Å². The van der Waals surface area contributed by atoms with Crippen molar-refractivity contribution in [3.63, 3.8) is 0 Å². The highest BCUT2D eigenvalue weighted by Crippen LogP contribution is 2.23. The van der Waals surface area contributed by atoms with Gasteiger partial charge in [0.05, 0.1) is 13.2 Å². The van der Waals surface area contributed by atoms with E-state index in [0.29, 0.717) is 11.0 Å². The number of ether oxygens (including phenoxy) is 1. The van der Waals surface area contributed by atoms with Crippen LogP contribution in [-0.2, 0) is 4.74 Å². The minimum atomic E-state index is 0.366. The molecule has 0 bridgehead atoms. The van der Waals surface area contributed by atoms with Gasteiger partial charge in [-0.25, -0.2) is 9.97 Å². The summed E-state index contributed by atoms with van der Waals surface area (Å²) in [6, 6.07) is 8.18. The molecule has 1 saturated heterocycles. The monoisotopic (exact) mass is 290 g/mol. The lowest BCUT2D eigenvalue weighted by molar-refractivity contribution is 0.122. The van der Waals surface area contributed by atoms with Crippen LogP contribution in [0.15, 0.2) is 36.7 Å². The Morgan fingerprint density at radius 3 is 2.45 bits per heavy atom. The molecule has 0 aliphatic carbocycles. The number of hydrogen-bond acceptors (Lipinski definition) is 5. The van der Waals surface area contributed by atoms with Crippen molar-refractivity contribution in [1.82, 2.24) is 9.97 Å². The van der Waals surface area contributed by atoms with Gasteiger partial charge in [0.1, 0.15) is 0 Å². The van der Waals surface area contributed by atoms with Crippen molar-refractivity contribution < 1.29 is 4.74 Å². The molecule has 6 heteroatoms. The number of nitrogens with one attached hydrogen (secondary N) is 1. The fourth-order valence-electron chi connectivity index (χ4n) is 2.12. The van der Waals surface area contributed by atoms with Crippen LogP contribution >= 0.6 is 11.6 Å². The second-order valence-corrected chi connectivity index (χ2v) is 4.83. The predicted octanol–water partition coefficient (Wildman–Crippen LogP) is 2.71. The van der Waals surface area contributed by atoms with Gasteiger partial charge in [-0.1, -0.05) is 11.6 Å². The Labute approximate surface area is 122 Å². The fourth-order valence-corrected chi connectivity index (χ4v) is 2.27. The molecule has 2 aromatic rings. The topological polar surface area (TPSA) is 50.3 Å². The number of morpholine rings is 1. The molecule has 0 amide bonds. The molecule has 1 N–H and O–H groups in total. The first-order chi connectivity index (χ1) is 9.83. The molecule has 104 valence electrons. The van der Waals surface area contributed by atoms with E-state index in [4.69, 9.17) is 16.3 Å². The molecule has 0 saturated carbocycles. The fraction of sp³-hybridized carbons (Fsp3) is 0.286. The van der Waals surface area contributed by atoms with Gasteiger partial charge in [-0.3, -0.25) is 0 Å². The first-order valence-electron chi connectivity index (χ1n) is 6.49. The van der Waals surface area contributed by atoms with Crippen molar-refractivity contribution in [2.45, 2.75) is 0 Å². The van der Waals surface area contributed by atoms with Gasteiger partial charge >= 0.3 is 0 Å². The van der Waals surface area contributed by atoms with Crippen molar-refractivity contribution in [2.75, 3.05) is 36.5 Å². The van der Waals surface area contributed by atoms with Crippen molar-refractivity contribution in [3.05, 3.63) is 41.8 Å². The summed E-state index contributed by atoms with van der Waals surface area (Å²) in [4.78, 5) is 10.4. The summed E-state index contributed by atoms with van der Waals surface area (Å²) in [6.07, 6.45) is 3.17. The average Bonchev–Trinajstić information content (AvgIpc) is 2.51. The van der Waals surface area contributed by atoms with Crippen molar-refractivity contribution >= 4 is 28.8 Å². The van der Waals surface area contributed by atoms with Crippen LogP contribution in [-0.4, -0.2) is 36.3 Å². The number of anilines is 3. The third-order valence-electron chi connectivity index (χ3n) is 3.16. The summed E-state index contributed by atoms with van der Waals surface area (Å²) in [5, 5.41) is 3.52. The minimum absolute atomic E-state index is 0.366. The van der Waals surface area contributed by atoms with Crippen LogP contribution in [0.5, 0.6) is 0 Å². The van der Waals surface area contributed by atoms with E-state index in [0.717, 1.165) is 32.0 Å². The molecule has 0 atom stereocenters. The van der Waals surface area contributed by atoms with E-state index in [-0.39, 0.29) is 0 Å². The van der Waals surface area contributed by atoms with Crippen molar-refractivity contribution in [3.8, 4) is 0 Å². The Balaban J connectivity index is 1.71. The third kappa shape index (κ3) is 3.00. The zero-order valence-electron chi connectivity index (χ0n) is 10.9. The van der Waals surface area contributed by atoms with Gasteiger partial charge in [-0.05, 0) is 24.3 Å². The molecule has 0 radical (unpaired) electrons. The molecule has 20 heavy (non-hydrogen) atoms. The van der Waals surface area contributed by atoms with Crippen LogP contribution in [0, 0.1) is 0 Å². The normalized spacial score (nSPS) is 15.2. The average molecular weight is 291 g/mol. The number of halogens is 1. The molecule has 2 heterocycles. The number of benzene rings is 1. The second kappa shape index (κ2) is 6.07. The van der Waals surface area contributed by atoms with E-state index in [2.05, 4.69) is 32.3 Å². The van der Waals surface area contributed by atoms with E-state index in [1.165, 1.54) is 5.69 Å². The summed E-state index contributed by atoms with van der Waals surface area (Å²) < 4.78 is 5.35. The minimum Gasteiger partial charge on any atom is -0.378 e. The van der Waals surface area contributed by atoms with Gasteiger partial charge in [0.25, 0.3) is 0 Å². The molecule has 1 fully saturated rings. The lowest BCUT2D eigenvalue weighted by Crippen LogP contribution is -2.36. The van der Waals surface area contributed by atoms with E-state index in [1.54, 1.807) is 12.4 Å².